The molecule has 4 rings (SSSR count). The zero-order valence-corrected chi connectivity index (χ0v) is 24.5. The second kappa shape index (κ2) is 13.8. The predicted octanol–water partition coefficient (Wildman–Crippen LogP) is 5.70. The van der Waals surface area contributed by atoms with Crippen molar-refractivity contribution in [2.75, 3.05) is 27.3 Å². The second-order valence-corrected chi connectivity index (χ2v) is 12.0. The molecule has 0 bridgehead atoms. The molecule has 1 fully saturated rings. The van der Waals surface area contributed by atoms with E-state index in [4.69, 9.17) is 25.8 Å². The van der Waals surface area contributed by atoms with E-state index in [0.717, 1.165) is 50.5 Å². The lowest BCUT2D eigenvalue weighted by atomic mass is 9.91. The lowest BCUT2D eigenvalue weighted by Gasteiger charge is -2.35. The Hall–Kier alpha value is -2.43. The average molecular weight is 592 g/mol. The van der Waals surface area contributed by atoms with Gasteiger partial charge >= 0.3 is 5.97 Å². The van der Waals surface area contributed by atoms with Crippen LogP contribution in [0.5, 0.6) is 11.5 Å². The van der Waals surface area contributed by atoms with Crippen LogP contribution in [0.2, 0.25) is 5.02 Å². The number of rotatable bonds is 13. The van der Waals surface area contributed by atoms with Crippen LogP contribution in [0.15, 0.2) is 47.2 Å². The van der Waals surface area contributed by atoms with Crippen LogP contribution in [0.1, 0.15) is 47.4 Å². The van der Waals surface area contributed by atoms with Gasteiger partial charge in [-0.15, -0.1) is 22.7 Å². The summed E-state index contributed by atoms with van der Waals surface area (Å²) in [4.78, 5) is 27.6. The number of nitrogens with zero attached hydrogens (tertiary/aromatic N) is 1. The molecule has 0 amide bonds. The first-order valence-electron chi connectivity index (χ1n) is 13.0. The third-order valence-electron chi connectivity index (χ3n) is 7.14. The lowest BCUT2D eigenvalue weighted by Crippen LogP contribution is -2.42. The largest absolute Gasteiger partial charge is 0.496 e. The molecule has 210 valence electrons. The standard InChI is InChI=1S/C29H34ClNO6S2/c1-31(13-5-15-36-25-19-24(35-2)20(12-14-32)18-23(25)30)21-8-10-22(11-9-21)37-28(33)29(34,26-6-3-16-38-26)27-7-4-17-39-27/h3-4,6-7,14,16-19,21-22,34H,5,8-13,15H2,1-2H3. The van der Waals surface area contributed by atoms with Crippen LogP contribution in [0.4, 0.5) is 0 Å². The minimum absolute atomic E-state index is 0.212. The van der Waals surface area contributed by atoms with Gasteiger partial charge in [0.15, 0.2) is 0 Å². The molecule has 1 aliphatic rings. The van der Waals surface area contributed by atoms with Crippen molar-refractivity contribution >= 4 is 46.5 Å². The van der Waals surface area contributed by atoms with E-state index >= 15 is 0 Å². The van der Waals surface area contributed by atoms with Crippen molar-refractivity contribution in [2.24, 2.45) is 0 Å². The van der Waals surface area contributed by atoms with Crippen LogP contribution in [-0.2, 0) is 26.3 Å². The lowest BCUT2D eigenvalue weighted by molar-refractivity contribution is -0.169. The number of aldehydes is 1. The van der Waals surface area contributed by atoms with E-state index in [-0.39, 0.29) is 12.5 Å². The fourth-order valence-corrected chi connectivity index (χ4v) is 6.89. The number of hydrogen-bond acceptors (Lipinski definition) is 9. The molecule has 10 heteroatoms. The molecule has 0 radical (unpaired) electrons. The summed E-state index contributed by atoms with van der Waals surface area (Å²) < 4.78 is 17.1. The van der Waals surface area contributed by atoms with Crippen molar-refractivity contribution in [3.63, 3.8) is 0 Å². The highest BCUT2D eigenvalue weighted by atomic mass is 35.5. The summed E-state index contributed by atoms with van der Waals surface area (Å²) in [6, 6.07) is 11.0. The molecule has 39 heavy (non-hydrogen) atoms. The van der Waals surface area contributed by atoms with E-state index in [1.54, 1.807) is 31.4 Å². The van der Waals surface area contributed by atoms with Gasteiger partial charge in [-0.3, -0.25) is 0 Å². The molecule has 0 atom stereocenters. The van der Waals surface area contributed by atoms with E-state index < -0.39 is 11.6 Å². The number of aliphatic hydroxyl groups is 1. The first-order chi connectivity index (χ1) is 18.9. The van der Waals surface area contributed by atoms with Gasteiger partial charge in [0.05, 0.1) is 28.5 Å². The molecule has 2 heterocycles. The Kier molecular flexibility index (Phi) is 10.4. The van der Waals surface area contributed by atoms with Gasteiger partial charge < -0.3 is 29.0 Å². The number of hydrogen-bond donors (Lipinski definition) is 1. The highest BCUT2D eigenvalue weighted by Gasteiger charge is 2.45. The molecule has 0 saturated heterocycles. The number of esters is 1. The molecule has 0 unspecified atom stereocenters. The Morgan fingerprint density at radius 3 is 2.36 bits per heavy atom. The van der Waals surface area contributed by atoms with Crippen LogP contribution >= 0.6 is 34.3 Å². The molecule has 0 spiro atoms. The Bertz CT molecular complexity index is 1170. The predicted molar refractivity (Wildman–Crippen MR) is 154 cm³/mol. The van der Waals surface area contributed by atoms with Crippen molar-refractivity contribution in [1.29, 1.82) is 0 Å². The zero-order chi connectivity index (χ0) is 27.8. The summed E-state index contributed by atoms with van der Waals surface area (Å²) in [6.45, 7) is 1.35. The minimum atomic E-state index is -1.77. The van der Waals surface area contributed by atoms with E-state index in [1.807, 2.05) is 22.9 Å². The number of methoxy groups -OCH3 is 1. The van der Waals surface area contributed by atoms with Crippen LogP contribution in [0, 0.1) is 0 Å². The van der Waals surface area contributed by atoms with Crippen LogP contribution in [0.3, 0.4) is 0 Å². The Labute approximate surface area is 242 Å². The van der Waals surface area contributed by atoms with Gasteiger partial charge in [0.1, 0.15) is 23.9 Å². The summed E-state index contributed by atoms with van der Waals surface area (Å²) in [6.07, 6.45) is 4.98. The van der Waals surface area contributed by atoms with Crippen LogP contribution < -0.4 is 9.47 Å². The number of benzene rings is 1. The van der Waals surface area contributed by atoms with Gasteiger partial charge in [-0.25, -0.2) is 4.79 Å². The van der Waals surface area contributed by atoms with Gasteiger partial charge in [-0.1, -0.05) is 23.7 Å². The first-order valence-corrected chi connectivity index (χ1v) is 15.1. The number of thiophene rings is 2. The Morgan fingerprint density at radius 2 is 1.79 bits per heavy atom. The normalized spacial score (nSPS) is 17.7. The molecule has 1 aliphatic carbocycles. The van der Waals surface area contributed by atoms with E-state index in [0.29, 0.717) is 38.9 Å². The highest BCUT2D eigenvalue weighted by Crippen LogP contribution is 2.38. The molecule has 1 aromatic carbocycles. The third kappa shape index (κ3) is 7.02. The van der Waals surface area contributed by atoms with Crippen LogP contribution in [0.25, 0.3) is 0 Å². The molecule has 1 saturated carbocycles. The Morgan fingerprint density at radius 1 is 1.13 bits per heavy atom. The molecule has 7 nitrogen and oxygen atoms in total. The second-order valence-electron chi connectivity index (χ2n) is 9.65. The van der Waals surface area contributed by atoms with Crippen LogP contribution in [-0.4, -0.2) is 61.7 Å². The molecule has 0 aliphatic heterocycles. The molecule has 1 N–H and O–H groups in total. The highest BCUT2D eigenvalue weighted by molar-refractivity contribution is 7.12. The van der Waals surface area contributed by atoms with Gasteiger partial charge in [-0.2, -0.15) is 0 Å². The maximum absolute atomic E-state index is 13.2. The van der Waals surface area contributed by atoms with Gasteiger partial charge in [0.25, 0.3) is 0 Å². The zero-order valence-electron chi connectivity index (χ0n) is 22.1. The van der Waals surface area contributed by atoms with E-state index in [2.05, 4.69) is 11.9 Å². The van der Waals surface area contributed by atoms with E-state index in [1.165, 1.54) is 22.7 Å². The number of carbonyl (C=O) groups excluding carboxylic acids is 2. The van der Waals surface area contributed by atoms with Crippen molar-refractivity contribution in [3.05, 3.63) is 67.5 Å². The van der Waals surface area contributed by atoms with Gasteiger partial charge in [0, 0.05) is 30.6 Å². The minimum Gasteiger partial charge on any atom is -0.496 e. The Balaban J connectivity index is 1.23. The monoisotopic (exact) mass is 591 g/mol. The number of ether oxygens (including phenoxy) is 3. The van der Waals surface area contributed by atoms with Crippen molar-refractivity contribution in [2.45, 2.75) is 56.3 Å². The average Bonchev–Trinajstić information content (AvgIpc) is 3.68. The topological polar surface area (TPSA) is 85.3 Å². The number of carbonyl (C=O) groups is 2. The summed E-state index contributed by atoms with van der Waals surface area (Å²) in [5, 5.41) is 15.6. The molecule has 2 aromatic heterocycles. The molecule has 3 aromatic rings. The van der Waals surface area contributed by atoms with Crippen molar-refractivity contribution in [3.8, 4) is 11.5 Å². The smallest absolute Gasteiger partial charge is 0.349 e. The third-order valence-corrected chi connectivity index (χ3v) is 9.40. The fourth-order valence-electron chi connectivity index (χ4n) is 4.94. The number of halogens is 1. The van der Waals surface area contributed by atoms with Gasteiger partial charge in [0.2, 0.25) is 5.60 Å². The molecular formula is C29H34ClNO6S2. The van der Waals surface area contributed by atoms with E-state index in [9.17, 15) is 14.7 Å². The fraction of sp³-hybridized carbons (Fsp3) is 0.448. The summed E-state index contributed by atoms with van der Waals surface area (Å²) in [5.41, 5.74) is -1.04. The maximum atomic E-state index is 13.2. The summed E-state index contributed by atoms with van der Waals surface area (Å²) >= 11 is 9.03. The quantitative estimate of drug-likeness (QED) is 0.155. The van der Waals surface area contributed by atoms with Gasteiger partial charge in [-0.05, 0) is 68.1 Å². The van der Waals surface area contributed by atoms with Crippen molar-refractivity contribution < 1.29 is 28.9 Å². The summed E-state index contributed by atoms with van der Waals surface area (Å²) in [7, 11) is 3.66. The molecular weight excluding hydrogens is 558 g/mol. The first kappa shape index (κ1) is 29.6. The SMILES string of the molecule is COc1cc(OCCCN(C)C2CCC(OC(=O)C(O)(c3cccs3)c3cccs3)CC2)c(Cl)cc1CC=O. The maximum Gasteiger partial charge on any atom is 0.349 e. The summed E-state index contributed by atoms with van der Waals surface area (Å²) in [5.74, 6) is 0.523. The van der Waals surface area contributed by atoms with Crippen molar-refractivity contribution in [1.82, 2.24) is 4.90 Å².